The molecule has 13 heavy (non-hydrogen) atoms. The SMILES string of the molecule is NCC1CCCC1c1cnccn1. The highest BCUT2D eigenvalue weighted by Gasteiger charge is 2.28. The molecule has 1 saturated carbocycles. The predicted octanol–water partition coefficient (Wildman–Crippen LogP) is 1.32. The minimum Gasteiger partial charge on any atom is -0.330 e. The fourth-order valence-corrected chi connectivity index (χ4v) is 2.21. The van der Waals surface area contributed by atoms with Gasteiger partial charge in [0.1, 0.15) is 0 Å². The van der Waals surface area contributed by atoms with E-state index >= 15 is 0 Å². The highest BCUT2D eigenvalue weighted by molar-refractivity contribution is 5.07. The first-order chi connectivity index (χ1) is 6.42. The molecule has 1 aliphatic carbocycles. The maximum atomic E-state index is 5.71. The highest BCUT2D eigenvalue weighted by atomic mass is 14.8. The van der Waals surface area contributed by atoms with Crippen molar-refractivity contribution in [2.24, 2.45) is 11.7 Å². The summed E-state index contributed by atoms with van der Waals surface area (Å²) in [6.45, 7) is 0.779. The second-order valence-electron chi connectivity index (χ2n) is 3.66. The molecule has 1 fully saturated rings. The van der Waals surface area contributed by atoms with Crippen molar-refractivity contribution < 1.29 is 0 Å². The van der Waals surface area contributed by atoms with Crippen molar-refractivity contribution in [2.75, 3.05) is 6.54 Å². The van der Waals surface area contributed by atoms with Crippen LogP contribution in [0.3, 0.4) is 0 Å². The molecular weight excluding hydrogens is 162 g/mol. The molecule has 1 aliphatic rings. The molecule has 70 valence electrons. The van der Waals surface area contributed by atoms with Gasteiger partial charge < -0.3 is 5.73 Å². The molecule has 2 rings (SSSR count). The fraction of sp³-hybridized carbons (Fsp3) is 0.600. The zero-order chi connectivity index (χ0) is 9.10. The Morgan fingerprint density at radius 3 is 3.00 bits per heavy atom. The first kappa shape index (κ1) is 8.63. The lowest BCUT2D eigenvalue weighted by molar-refractivity contribution is 0.486. The van der Waals surface area contributed by atoms with E-state index in [1.54, 1.807) is 12.4 Å². The minimum atomic E-state index is 0.554. The van der Waals surface area contributed by atoms with Crippen molar-refractivity contribution in [1.29, 1.82) is 0 Å². The number of nitrogens with zero attached hydrogens (tertiary/aromatic N) is 2. The number of hydrogen-bond donors (Lipinski definition) is 1. The molecule has 0 spiro atoms. The summed E-state index contributed by atoms with van der Waals surface area (Å²) in [4.78, 5) is 8.44. The van der Waals surface area contributed by atoms with Crippen LogP contribution in [0.15, 0.2) is 18.6 Å². The second-order valence-corrected chi connectivity index (χ2v) is 3.66. The topological polar surface area (TPSA) is 51.8 Å². The molecular formula is C10H15N3. The van der Waals surface area contributed by atoms with E-state index in [4.69, 9.17) is 5.73 Å². The summed E-state index contributed by atoms with van der Waals surface area (Å²) in [5, 5.41) is 0. The van der Waals surface area contributed by atoms with Crippen molar-refractivity contribution >= 4 is 0 Å². The lowest BCUT2D eigenvalue weighted by Gasteiger charge is -2.16. The van der Waals surface area contributed by atoms with E-state index in [2.05, 4.69) is 9.97 Å². The molecule has 2 N–H and O–H groups in total. The van der Waals surface area contributed by atoms with Gasteiger partial charge in [-0.15, -0.1) is 0 Å². The van der Waals surface area contributed by atoms with Gasteiger partial charge in [0, 0.05) is 24.5 Å². The van der Waals surface area contributed by atoms with Crippen LogP contribution < -0.4 is 5.73 Å². The van der Waals surface area contributed by atoms with E-state index in [0.717, 1.165) is 12.2 Å². The number of aromatic nitrogens is 2. The van der Waals surface area contributed by atoms with Crippen LogP contribution in [0.1, 0.15) is 30.9 Å². The Morgan fingerprint density at radius 1 is 1.38 bits per heavy atom. The highest BCUT2D eigenvalue weighted by Crippen LogP contribution is 2.37. The van der Waals surface area contributed by atoms with E-state index in [0.29, 0.717) is 11.8 Å². The summed E-state index contributed by atoms with van der Waals surface area (Å²) in [6.07, 6.45) is 9.11. The lowest BCUT2D eigenvalue weighted by Crippen LogP contribution is -2.17. The van der Waals surface area contributed by atoms with Gasteiger partial charge >= 0.3 is 0 Å². The van der Waals surface area contributed by atoms with Crippen molar-refractivity contribution in [3.05, 3.63) is 24.3 Å². The Kier molecular flexibility index (Phi) is 2.54. The van der Waals surface area contributed by atoms with E-state index in [9.17, 15) is 0 Å². The monoisotopic (exact) mass is 177 g/mol. The summed E-state index contributed by atoms with van der Waals surface area (Å²) < 4.78 is 0. The molecule has 0 aliphatic heterocycles. The van der Waals surface area contributed by atoms with Crippen LogP contribution in [0.25, 0.3) is 0 Å². The lowest BCUT2D eigenvalue weighted by atomic mass is 9.93. The van der Waals surface area contributed by atoms with Gasteiger partial charge in [0.25, 0.3) is 0 Å². The molecule has 0 radical (unpaired) electrons. The smallest absolute Gasteiger partial charge is 0.0620 e. The van der Waals surface area contributed by atoms with Gasteiger partial charge in [-0.25, -0.2) is 0 Å². The standard InChI is InChI=1S/C10H15N3/c11-6-8-2-1-3-9(8)10-7-12-4-5-13-10/h4-5,7-9H,1-3,6,11H2. The Bertz CT molecular complexity index is 260. The summed E-state index contributed by atoms with van der Waals surface area (Å²) >= 11 is 0. The average molecular weight is 177 g/mol. The molecule has 1 aromatic heterocycles. The van der Waals surface area contributed by atoms with Gasteiger partial charge in [0.2, 0.25) is 0 Å². The van der Waals surface area contributed by atoms with E-state index in [1.807, 2.05) is 6.20 Å². The Balaban J connectivity index is 2.16. The van der Waals surface area contributed by atoms with Gasteiger partial charge in [0.15, 0.2) is 0 Å². The van der Waals surface area contributed by atoms with Crippen LogP contribution in [0, 0.1) is 5.92 Å². The van der Waals surface area contributed by atoms with Gasteiger partial charge in [-0.3, -0.25) is 9.97 Å². The van der Waals surface area contributed by atoms with Gasteiger partial charge in [-0.2, -0.15) is 0 Å². The maximum Gasteiger partial charge on any atom is 0.0620 e. The Morgan fingerprint density at radius 2 is 2.31 bits per heavy atom. The summed E-state index contributed by atoms with van der Waals surface area (Å²) in [7, 11) is 0. The Labute approximate surface area is 78.4 Å². The molecule has 2 unspecified atom stereocenters. The number of hydrogen-bond acceptors (Lipinski definition) is 3. The molecule has 3 nitrogen and oxygen atoms in total. The number of rotatable bonds is 2. The van der Waals surface area contributed by atoms with Crippen LogP contribution in [0.2, 0.25) is 0 Å². The van der Waals surface area contributed by atoms with E-state index < -0.39 is 0 Å². The third-order valence-corrected chi connectivity index (χ3v) is 2.92. The van der Waals surface area contributed by atoms with Crippen LogP contribution in [-0.2, 0) is 0 Å². The largest absolute Gasteiger partial charge is 0.330 e. The van der Waals surface area contributed by atoms with Gasteiger partial charge in [-0.05, 0) is 25.3 Å². The van der Waals surface area contributed by atoms with Crippen molar-refractivity contribution in [2.45, 2.75) is 25.2 Å². The van der Waals surface area contributed by atoms with Crippen LogP contribution >= 0.6 is 0 Å². The van der Waals surface area contributed by atoms with E-state index in [-0.39, 0.29) is 0 Å². The normalized spacial score (nSPS) is 27.8. The molecule has 0 bridgehead atoms. The van der Waals surface area contributed by atoms with Crippen molar-refractivity contribution in [3.8, 4) is 0 Å². The third-order valence-electron chi connectivity index (χ3n) is 2.92. The van der Waals surface area contributed by atoms with Crippen molar-refractivity contribution in [3.63, 3.8) is 0 Å². The van der Waals surface area contributed by atoms with Gasteiger partial charge in [0.05, 0.1) is 5.69 Å². The molecule has 1 aromatic rings. The molecule has 2 atom stereocenters. The molecule has 3 heteroatoms. The zero-order valence-electron chi connectivity index (χ0n) is 7.69. The minimum absolute atomic E-state index is 0.554. The quantitative estimate of drug-likeness (QED) is 0.741. The van der Waals surface area contributed by atoms with Crippen LogP contribution in [-0.4, -0.2) is 16.5 Å². The fourth-order valence-electron chi connectivity index (χ4n) is 2.21. The van der Waals surface area contributed by atoms with Crippen LogP contribution in [0.5, 0.6) is 0 Å². The van der Waals surface area contributed by atoms with Crippen molar-refractivity contribution in [1.82, 2.24) is 9.97 Å². The summed E-state index contributed by atoms with van der Waals surface area (Å²) in [5.41, 5.74) is 6.83. The first-order valence-corrected chi connectivity index (χ1v) is 4.88. The number of nitrogens with two attached hydrogens (primary N) is 1. The molecule has 0 saturated heterocycles. The Hall–Kier alpha value is -0.960. The maximum absolute atomic E-state index is 5.71. The average Bonchev–Trinajstić information content (AvgIpc) is 2.67. The van der Waals surface area contributed by atoms with Crippen LogP contribution in [0.4, 0.5) is 0 Å². The zero-order valence-corrected chi connectivity index (χ0v) is 7.69. The molecule has 0 amide bonds. The third kappa shape index (κ3) is 1.70. The second kappa shape index (κ2) is 3.83. The van der Waals surface area contributed by atoms with E-state index in [1.165, 1.54) is 19.3 Å². The first-order valence-electron chi connectivity index (χ1n) is 4.88. The molecule has 0 aromatic carbocycles. The molecule has 1 heterocycles. The summed E-state index contributed by atoms with van der Waals surface area (Å²) in [5.74, 6) is 1.18. The summed E-state index contributed by atoms with van der Waals surface area (Å²) in [6, 6.07) is 0. The van der Waals surface area contributed by atoms with Gasteiger partial charge in [-0.1, -0.05) is 6.42 Å². The predicted molar refractivity (Wildman–Crippen MR) is 51.2 cm³/mol.